The van der Waals surface area contributed by atoms with Gasteiger partial charge in [-0.05, 0) is 69.6 Å². The van der Waals surface area contributed by atoms with Gasteiger partial charge in [0.1, 0.15) is 0 Å². The van der Waals surface area contributed by atoms with Crippen molar-refractivity contribution in [1.29, 1.82) is 0 Å². The summed E-state index contributed by atoms with van der Waals surface area (Å²) in [7, 11) is 0. The summed E-state index contributed by atoms with van der Waals surface area (Å²) in [6.45, 7) is 9.53. The van der Waals surface area contributed by atoms with Crippen LogP contribution >= 0.6 is 0 Å². The van der Waals surface area contributed by atoms with Gasteiger partial charge in [-0.15, -0.1) is 0 Å². The number of ether oxygens (including phenoxy) is 1. The number of hydrogen-bond donors (Lipinski definition) is 0. The Bertz CT molecular complexity index is 296. The molecule has 3 fully saturated rings. The van der Waals surface area contributed by atoms with E-state index in [1.165, 1.54) is 32.1 Å². The Balaban J connectivity index is 2.01. The van der Waals surface area contributed by atoms with Crippen molar-refractivity contribution < 1.29 is 4.74 Å². The van der Waals surface area contributed by atoms with Gasteiger partial charge in [-0.1, -0.05) is 13.8 Å². The molecule has 0 aromatic rings. The largest absolute Gasteiger partial charge is 0.368 e. The van der Waals surface area contributed by atoms with Gasteiger partial charge in [0.2, 0.25) is 0 Å². The standard InChI is InChI=1S/C15H26O/c1-10-5-7-12-9-15(16-14(12,3)4)11(2)6-8-13(10)15/h10-13H,5-9H2,1-4H3/t10?,11?,12-,13?,15+/m0/s1. The molecule has 3 aliphatic rings. The second kappa shape index (κ2) is 3.25. The van der Waals surface area contributed by atoms with Gasteiger partial charge in [0, 0.05) is 0 Å². The predicted molar refractivity (Wildman–Crippen MR) is 66.3 cm³/mol. The van der Waals surface area contributed by atoms with Crippen LogP contribution in [0.25, 0.3) is 0 Å². The average Bonchev–Trinajstić information content (AvgIpc) is 2.57. The van der Waals surface area contributed by atoms with Crippen molar-refractivity contribution >= 4 is 0 Å². The van der Waals surface area contributed by atoms with Crippen molar-refractivity contribution in [3.8, 4) is 0 Å². The van der Waals surface area contributed by atoms with Crippen molar-refractivity contribution in [3.05, 3.63) is 0 Å². The summed E-state index contributed by atoms with van der Waals surface area (Å²) in [5.74, 6) is 3.31. The molecular formula is C15H26O. The molecule has 0 radical (unpaired) electrons. The maximum absolute atomic E-state index is 6.65. The molecule has 1 heteroatoms. The smallest absolute Gasteiger partial charge is 0.0749 e. The Morgan fingerprint density at radius 2 is 1.75 bits per heavy atom. The molecule has 1 heterocycles. The molecule has 16 heavy (non-hydrogen) atoms. The van der Waals surface area contributed by atoms with E-state index in [4.69, 9.17) is 4.74 Å². The van der Waals surface area contributed by atoms with Crippen LogP contribution in [0.3, 0.4) is 0 Å². The maximum Gasteiger partial charge on any atom is 0.0749 e. The van der Waals surface area contributed by atoms with Gasteiger partial charge < -0.3 is 4.74 Å². The van der Waals surface area contributed by atoms with Crippen LogP contribution in [-0.2, 0) is 4.74 Å². The van der Waals surface area contributed by atoms with Crippen molar-refractivity contribution in [2.75, 3.05) is 0 Å². The minimum Gasteiger partial charge on any atom is -0.368 e. The average molecular weight is 222 g/mol. The Kier molecular flexibility index (Phi) is 2.25. The van der Waals surface area contributed by atoms with E-state index in [0.29, 0.717) is 0 Å². The minimum atomic E-state index is 0.136. The predicted octanol–water partition coefficient (Wildman–Crippen LogP) is 4.02. The summed E-state index contributed by atoms with van der Waals surface area (Å²) in [5, 5.41) is 0. The van der Waals surface area contributed by atoms with Crippen LogP contribution in [-0.4, -0.2) is 11.2 Å². The summed E-state index contributed by atoms with van der Waals surface area (Å²) in [4.78, 5) is 0. The molecule has 2 saturated carbocycles. The van der Waals surface area contributed by atoms with E-state index in [1.54, 1.807) is 0 Å². The van der Waals surface area contributed by atoms with E-state index in [1.807, 2.05) is 0 Å². The molecule has 0 aromatic heterocycles. The van der Waals surface area contributed by atoms with E-state index in [0.717, 1.165) is 23.7 Å². The fourth-order valence-corrected chi connectivity index (χ4v) is 4.94. The second-order valence-corrected chi connectivity index (χ2v) is 7.20. The summed E-state index contributed by atoms with van der Waals surface area (Å²) < 4.78 is 6.65. The number of hydrogen-bond acceptors (Lipinski definition) is 1. The molecule has 2 aliphatic carbocycles. The topological polar surface area (TPSA) is 9.23 Å². The molecule has 3 unspecified atom stereocenters. The quantitative estimate of drug-likeness (QED) is 0.601. The van der Waals surface area contributed by atoms with Crippen LogP contribution in [0, 0.1) is 23.7 Å². The van der Waals surface area contributed by atoms with Gasteiger partial charge in [0.25, 0.3) is 0 Å². The lowest BCUT2D eigenvalue weighted by Crippen LogP contribution is -2.43. The van der Waals surface area contributed by atoms with E-state index in [-0.39, 0.29) is 11.2 Å². The lowest BCUT2D eigenvalue weighted by atomic mass is 9.77. The summed E-state index contributed by atoms with van der Waals surface area (Å²) in [6.07, 6.45) is 6.95. The van der Waals surface area contributed by atoms with Gasteiger partial charge in [-0.25, -0.2) is 0 Å². The first kappa shape index (κ1) is 11.1. The highest BCUT2D eigenvalue weighted by atomic mass is 16.5. The normalized spacial score (nSPS) is 54.8. The molecule has 5 atom stereocenters. The molecule has 0 aromatic carbocycles. The molecule has 1 spiro atoms. The molecule has 0 N–H and O–H groups in total. The molecule has 1 nitrogen and oxygen atoms in total. The fourth-order valence-electron chi connectivity index (χ4n) is 4.94. The summed E-state index contributed by atoms with van der Waals surface area (Å²) in [5.41, 5.74) is 0.390. The second-order valence-electron chi connectivity index (χ2n) is 7.20. The van der Waals surface area contributed by atoms with E-state index >= 15 is 0 Å². The van der Waals surface area contributed by atoms with Crippen LogP contribution in [0.1, 0.15) is 59.8 Å². The Labute approximate surface area is 99.9 Å². The highest BCUT2D eigenvalue weighted by molar-refractivity contribution is 5.10. The third-order valence-corrected chi connectivity index (χ3v) is 6.03. The summed E-state index contributed by atoms with van der Waals surface area (Å²) >= 11 is 0. The van der Waals surface area contributed by atoms with Gasteiger partial charge in [0.15, 0.2) is 0 Å². The highest BCUT2D eigenvalue weighted by Crippen LogP contribution is 2.61. The molecule has 1 saturated heterocycles. The van der Waals surface area contributed by atoms with E-state index in [2.05, 4.69) is 27.7 Å². The Hall–Kier alpha value is -0.0400. The monoisotopic (exact) mass is 222 g/mol. The van der Waals surface area contributed by atoms with Gasteiger partial charge in [0.05, 0.1) is 11.2 Å². The van der Waals surface area contributed by atoms with Crippen LogP contribution in [0.4, 0.5) is 0 Å². The van der Waals surface area contributed by atoms with E-state index in [9.17, 15) is 0 Å². The zero-order valence-electron chi connectivity index (χ0n) is 11.3. The molecule has 1 aliphatic heterocycles. The Morgan fingerprint density at radius 3 is 2.50 bits per heavy atom. The lowest BCUT2D eigenvalue weighted by Gasteiger charge is -2.40. The Morgan fingerprint density at radius 1 is 1.00 bits per heavy atom. The number of fused-ring (bicyclic) bond motifs is 1. The molecule has 2 bridgehead atoms. The maximum atomic E-state index is 6.65. The van der Waals surface area contributed by atoms with Crippen LogP contribution < -0.4 is 0 Å². The first-order valence-corrected chi connectivity index (χ1v) is 7.16. The van der Waals surface area contributed by atoms with Gasteiger partial charge >= 0.3 is 0 Å². The van der Waals surface area contributed by atoms with Crippen molar-refractivity contribution in [2.24, 2.45) is 23.7 Å². The molecular weight excluding hydrogens is 196 g/mol. The molecule has 3 rings (SSSR count). The fraction of sp³-hybridized carbons (Fsp3) is 1.00. The SMILES string of the molecule is CC1CC[C@H]2C[C@@]3(OC2(C)C)C(C)CCC13. The summed E-state index contributed by atoms with van der Waals surface area (Å²) in [6, 6.07) is 0. The van der Waals surface area contributed by atoms with Crippen LogP contribution in [0.5, 0.6) is 0 Å². The highest BCUT2D eigenvalue weighted by Gasteiger charge is 2.61. The third kappa shape index (κ3) is 1.27. The van der Waals surface area contributed by atoms with Crippen LogP contribution in [0.2, 0.25) is 0 Å². The zero-order chi connectivity index (χ0) is 11.6. The van der Waals surface area contributed by atoms with Crippen molar-refractivity contribution in [1.82, 2.24) is 0 Å². The first-order valence-electron chi connectivity index (χ1n) is 7.16. The minimum absolute atomic E-state index is 0.136. The van der Waals surface area contributed by atoms with Crippen LogP contribution in [0.15, 0.2) is 0 Å². The number of rotatable bonds is 0. The first-order chi connectivity index (χ1) is 7.46. The van der Waals surface area contributed by atoms with Gasteiger partial charge in [-0.2, -0.15) is 0 Å². The van der Waals surface area contributed by atoms with Gasteiger partial charge in [-0.3, -0.25) is 0 Å². The zero-order valence-corrected chi connectivity index (χ0v) is 11.3. The third-order valence-electron chi connectivity index (χ3n) is 6.03. The van der Waals surface area contributed by atoms with Crippen molar-refractivity contribution in [3.63, 3.8) is 0 Å². The van der Waals surface area contributed by atoms with E-state index < -0.39 is 0 Å². The molecule has 0 amide bonds. The molecule has 92 valence electrons. The van der Waals surface area contributed by atoms with Crippen molar-refractivity contribution in [2.45, 2.75) is 71.0 Å². The lowest BCUT2D eigenvalue weighted by molar-refractivity contribution is -0.145.